The van der Waals surface area contributed by atoms with E-state index in [0.717, 1.165) is 36.4 Å². The van der Waals surface area contributed by atoms with Gasteiger partial charge in [-0.15, -0.1) is 24.8 Å². The molecule has 1 N–H and O–H groups in total. The minimum absolute atomic E-state index is 0. The first-order chi connectivity index (χ1) is 10.0. The van der Waals surface area contributed by atoms with E-state index in [4.69, 9.17) is 4.74 Å². The Bertz CT molecular complexity index is 508. The molecule has 1 fully saturated rings. The standard InChI is InChI=1S/C15H19F3N2O.2ClH/c16-15(17,18)10-13(20-6-4-19-5-7-20)11-1-2-14-12(9-11)3-8-21-14;;/h1-2,9,13,19H,3-8,10H2;2*1H/t13-;;/m1../s1. The molecule has 0 unspecified atom stereocenters. The summed E-state index contributed by atoms with van der Waals surface area (Å²) < 4.78 is 44.3. The van der Waals surface area contributed by atoms with E-state index < -0.39 is 18.6 Å². The summed E-state index contributed by atoms with van der Waals surface area (Å²) in [6.07, 6.45) is -4.18. The molecule has 23 heavy (non-hydrogen) atoms. The summed E-state index contributed by atoms with van der Waals surface area (Å²) in [6, 6.07) is 4.88. The number of alkyl halides is 3. The number of fused-ring (bicyclic) bond motifs is 1. The van der Waals surface area contributed by atoms with Crippen LogP contribution in [0.4, 0.5) is 13.2 Å². The van der Waals surface area contributed by atoms with Gasteiger partial charge in [-0.25, -0.2) is 0 Å². The lowest BCUT2D eigenvalue weighted by Gasteiger charge is -2.35. The summed E-state index contributed by atoms with van der Waals surface area (Å²) in [5.74, 6) is 0.810. The molecule has 1 saturated heterocycles. The first-order valence-electron chi connectivity index (χ1n) is 7.30. The van der Waals surface area contributed by atoms with Gasteiger partial charge in [-0.05, 0) is 17.2 Å². The summed E-state index contributed by atoms with van der Waals surface area (Å²) in [4.78, 5) is 1.93. The Morgan fingerprint density at radius 2 is 1.87 bits per heavy atom. The molecule has 2 aliphatic heterocycles. The number of ether oxygens (including phenoxy) is 1. The molecule has 0 spiro atoms. The molecule has 1 aromatic rings. The molecule has 3 rings (SSSR count). The van der Waals surface area contributed by atoms with Gasteiger partial charge in [-0.1, -0.05) is 12.1 Å². The Hall–Kier alpha value is -0.690. The number of piperazine rings is 1. The monoisotopic (exact) mass is 372 g/mol. The minimum Gasteiger partial charge on any atom is -0.493 e. The molecule has 3 nitrogen and oxygen atoms in total. The third kappa shape index (κ3) is 5.14. The van der Waals surface area contributed by atoms with Gasteiger partial charge < -0.3 is 10.1 Å². The van der Waals surface area contributed by atoms with Gasteiger partial charge in [0, 0.05) is 38.6 Å². The molecular formula is C15H21Cl2F3N2O. The third-order valence-corrected chi connectivity index (χ3v) is 4.12. The summed E-state index contributed by atoms with van der Waals surface area (Å²) in [7, 11) is 0. The van der Waals surface area contributed by atoms with Crippen LogP contribution in [-0.4, -0.2) is 43.9 Å². The van der Waals surface area contributed by atoms with E-state index in [2.05, 4.69) is 5.32 Å². The zero-order valence-corrected chi connectivity index (χ0v) is 14.2. The molecule has 2 heterocycles. The number of rotatable bonds is 3. The molecule has 0 radical (unpaired) electrons. The van der Waals surface area contributed by atoms with Crippen molar-refractivity contribution in [3.05, 3.63) is 29.3 Å². The van der Waals surface area contributed by atoms with Gasteiger partial charge in [0.25, 0.3) is 0 Å². The number of hydrogen-bond acceptors (Lipinski definition) is 3. The Balaban J connectivity index is 0.00000132. The lowest BCUT2D eigenvalue weighted by Crippen LogP contribution is -2.46. The van der Waals surface area contributed by atoms with E-state index in [1.807, 2.05) is 17.0 Å². The number of nitrogens with one attached hydrogen (secondary N) is 1. The van der Waals surface area contributed by atoms with Gasteiger partial charge in [0.1, 0.15) is 5.75 Å². The van der Waals surface area contributed by atoms with E-state index in [0.29, 0.717) is 19.7 Å². The van der Waals surface area contributed by atoms with E-state index in [1.165, 1.54) is 0 Å². The smallest absolute Gasteiger partial charge is 0.390 e. The normalized spacial score (nSPS) is 19.1. The van der Waals surface area contributed by atoms with Crippen molar-refractivity contribution >= 4 is 24.8 Å². The van der Waals surface area contributed by atoms with Crippen molar-refractivity contribution in [2.75, 3.05) is 32.8 Å². The molecule has 0 saturated carbocycles. The van der Waals surface area contributed by atoms with Crippen LogP contribution in [-0.2, 0) is 6.42 Å². The highest BCUT2D eigenvalue weighted by molar-refractivity contribution is 5.85. The highest BCUT2D eigenvalue weighted by Crippen LogP contribution is 2.36. The molecule has 0 bridgehead atoms. The predicted molar refractivity (Wildman–Crippen MR) is 88.0 cm³/mol. The Kier molecular flexibility index (Phi) is 7.45. The Morgan fingerprint density at radius 3 is 2.52 bits per heavy atom. The maximum absolute atomic E-state index is 13.0. The fourth-order valence-electron chi connectivity index (χ4n) is 3.08. The summed E-state index contributed by atoms with van der Waals surface area (Å²) in [5.41, 5.74) is 1.77. The Labute approximate surface area is 146 Å². The lowest BCUT2D eigenvalue weighted by molar-refractivity contribution is -0.148. The molecule has 0 aliphatic carbocycles. The van der Waals surface area contributed by atoms with Crippen molar-refractivity contribution in [2.45, 2.75) is 25.1 Å². The zero-order valence-electron chi connectivity index (χ0n) is 12.6. The van der Waals surface area contributed by atoms with Crippen LogP contribution in [0.5, 0.6) is 5.75 Å². The first-order valence-corrected chi connectivity index (χ1v) is 7.30. The average Bonchev–Trinajstić information content (AvgIpc) is 2.92. The topological polar surface area (TPSA) is 24.5 Å². The van der Waals surface area contributed by atoms with Gasteiger partial charge in [0.05, 0.1) is 13.0 Å². The second kappa shape index (κ2) is 8.42. The Morgan fingerprint density at radius 1 is 1.17 bits per heavy atom. The molecule has 1 atom stereocenters. The van der Waals surface area contributed by atoms with Crippen molar-refractivity contribution in [1.82, 2.24) is 10.2 Å². The van der Waals surface area contributed by atoms with Crippen LogP contribution in [0, 0.1) is 0 Å². The molecule has 2 aliphatic rings. The fraction of sp³-hybridized carbons (Fsp3) is 0.600. The molecule has 8 heteroatoms. The van der Waals surface area contributed by atoms with Crippen molar-refractivity contribution in [2.24, 2.45) is 0 Å². The summed E-state index contributed by atoms with van der Waals surface area (Å²) in [5, 5.41) is 3.18. The number of nitrogens with zero attached hydrogens (tertiary/aromatic N) is 1. The SMILES string of the molecule is Cl.Cl.FC(F)(F)C[C@H](c1ccc2c(c1)CCO2)N1CCNCC1. The van der Waals surface area contributed by atoms with E-state index >= 15 is 0 Å². The van der Waals surface area contributed by atoms with Gasteiger partial charge in [-0.2, -0.15) is 13.2 Å². The molecule has 132 valence electrons. The predicted octanol–water partition coefficient (Wildman–Crippen LogP) is 3.36. The highest BCUT2D eigenvalue weighted by Gasteiger charge is 2.36. The van der Waals surface area contributed by atoms with E-state index in [9.17, 15) is 13.2 Å². The fourth-order valence-corrected chi connectivity index (χ4v) is 3.08. The number of hydrogen-bond donors (Lipinski definition) is 1. The van der Waals surface area contributed by atoms with Crippen molar-refractivity contribution in [1.29, 1.82) is 0 Å². The highest BCUT2D eigenvalue weighted by atomic mass is 35.5. The summed E-state index contributed by atoms with van der Waals surface area (Å²) in [6.45, 7) is 3.39. The largest absolute Gasteiger partial charge is 0.493 e. The van der Waals surface area contributed by atoms with Crippen LogP contribution in [0.2, 0.25) is 0 Å². The number of benzene rings is 1. The molecule has 0 amide bonds. The molecular weight excluding hydrogens is 352 g/mol. The van der Waals surface area contributed by atoms with Crippen LogP contribution >= 0.6 is 24.8 Å². The maximum atomic E-state index is 13.0. The second-order valence-electron chi connectivity index (χ2n) is 5.59. The van der Waals surface area contributed by atoms with Crippen LogP contribution in [0.1, 0.15) is 23.6 Å². The lowest BCUT2D eigenvalue weighted by atomic mass is 9.98. The quantitative estimate of drug-likeness (QED) is 0.880. The third-order valence-electron chi connectivity index (χ3n) is 4.12. The summed E-state index contributed by atoms with van der Waals surface area (Å²) >= 11 is 0. The molecule has 1 aromatic carbocycles. The van der Waals surface area contributed by atoms with Gasteiger partial charge >= 0.3 is 6.18 Å². The van der Waals surface area contributed by atoms with Gasteiger partial charge in [0.2, 0.25) is 0 Å². The molecule has 0 aromatic heterocycles. The van der Waals surface area contributed by atoms with Crippen LogP contribution in [0.3, 0.4) is 0 Å². The van der Waals surface area contributed by atoms with Gasteiger partial charge in [0.15, 0.2) is 0 Å². The van der Waals surface area contributed by atoms with Crippen molar-refractivity contribution < 1.29 is 17.9 Å². The van der Waals surface area contributed by atoms with Crippen LogP contribution < -0.4 is 10.1 Å². The van der Waals surface area contributed by atoms with Crippen LogP contribution in [0.15, 0.2) is 18.2 Å². The zero-order chi connectivity index (χ0) is 14.9. The van der Waals surface area contributed by atoms with E-state index in [-0.39, 0.29) is 24.8 Å². The van der Waals surface area contributed by atoms with Crippen molar-refractivity contribution in [3.8, 4) is 5.75 Å². The average molecular weight is 373 g/mol. The first kappa shape index (κ1) is 20.4. The van der Waals surface area contributed by atoms with Gasteiger partial charge in [-0.3, -0.25) is 4.90 Å². The number of halogens is 5. The van der Waals surface area contributed by atoms with E-state index in [1.54, 1.807) is 6.07 Å². The maximum Gasteiger partial charge on any atom is 0.390 e. The second-order valence-corrected chi connectivity index (χ2v) is 5.59. The minimum atomic E-state index is -4.16. The van der Waals surface area contributed by atoms with Crippen LogP contribution in [0.25, 0.3) is 0 Å². The van der Waals surface area contributed by atoms with Crippen molar-refractivity contribution in [3.63, 3.8) is 0 Å².